The first-order valence-corrected chi connectivity index (χ1v) is 7.90. The molecule has 2 nitrogen and oxygen atoms in total. The van der Waals surface area contributed by atoms with Crippen LogP contribution >= 0.6 is 39.1 Å². The first kappa shape index (κ1) is 14.6. The van der Waals surface area contributed by atoms with Crippen LogP contribution in [0, 0.1) is 0 Å². The maximum absolute atomic E-state index is 6.21. The number of H-pyrrole nitrogens is 1. The SMILES string of the molecule is Clc1ccc(-c2cnc(Cc3ccc(Br)cc3)[nH]2)c(Cl)c1. The highest BCUT2D eigenvalue weighted by Crippen LogP contribution is 2.29. The largest absolute Gasteiger partial charge is 0.342 e. The quantitative estimate of drug-likeness (QED) is 0.615. The van der Waals surface area contributed by atoms with E-state index in [1.165, 1.54) is 5.56 Å². The Morgan fingerprint density at radius 1 is 1.05 bits per heavy atom. The van der Waals surface area contributed by atoms with Gasteiger partial charge in [-0.15, -0.1) is 0 Å². The Morgan fingerprint density at radius 2 is 1.81 bits per heavy atom. The van der Waals surface area contributed by atoms with Crippen LogP contribution < -0.4 is 0 Å². The number of hydrogen-bond donors (Lipinski definition) is 1. The number of aromatic nitrogens is 2. The number of aromatic amines is 1. The molecule has 0 bridgehead atoms. The van der Waals surface area contributed by atoms with Crippen LogP contribution in [0.1, 0.15) is 11.4 Å². The number of halogens is 3. The van der Waals surface area contributed by atoms with Gasteiger partial charge in [-0.25, -0.2) is 4.98 Å². The summed E-state index contributed by atoms with van der Waals surface area (Å²) in [6.45, 7) is 0. The molecule has 0 saturated carbocycles. The van der Waals surface area contributed by atoms with Gasteiger partial charge in [0.1, 0.15) is 5.82 Å². The Morgan fingerprint density at radius 3 is 2.52 bits per heavy atom. The minimum atomic E-state index is 0.612. The van der Waals surface area contributed by atoms with Crippen LogP contribution in [0.4, 0.5) is 0 Å². The second kappa shape index (κ2) is 6.22. The number of imidazole rings is 1. The zero-order chi connectivity index (χ0) is 14.8. The van der Waals surface area contributed by atoms with Crippen LogP contribution in [0.3, 0.4) is 0 Å². The smallest absolute Gasteiger partial charge is 0.110 e. The summed E-state index contributed by atoms with van der Waals surface area (Å²) in [6, 6.07) is 13.6. The van der Waals surface area contributed by atoms with E-state index < -0.39 is 0 Å². The number of rotatable bonds is 3. The van der Waals surface area contributed by atoms with Crippen LogP contribution in [0.5, 0.6) is 0 Å². The predicted octanol–water partition coefficient (Wildman–Crippen LogP) is 5.74. The molecule has 1 heterocycles. The summed E-state index contributed by atoms with van der Waals surface area (Å²) in [5.74, 6) is 0.901. The molecule has 0 spiro atoms. The van der Waals surface area contributed by atoms with Crippen LogP contribution in [0.25, 0.3) is 11.3 Å². The molecule has 0 saturated heterocycles. The lowest BCUT2D eigenvalue weighted by Gasteiger charge is -2.02. The van der Waals surface area contributed by atoms with Crippen molar-refractivity contribution in [2.45, 2.75) is 6.42 Å². The van der Waals surface area contributed by atoms with Crippen molar-refractivity contribution in [1.29, 1.82) is 0 Å². The van der Waals surface area contributed by atoms with Gasteiger partial charge in [-0.3, -0.25) is 0 Å². The summed E-state index contributed by atoms with van der Waals surface area (Å²) in [6.07, 6.45) is 2.54. The first-order chi connectivity index (χ1) is 10.1. The van der Waals surface area contributed by atoms with Crippen LogP contribution in [0.2, 0.25) is 10.0 Å². The summed E-state index contributed by atoms with van der Waals surface area (Å²) in [7, 11) is 0. The maximum Gasteiger partial charge on any atom is 0.110 e. The van der Waals surface area contributed by atoms with Gasteiger partial charge in [0, 0.05) is 21.5 Å². The summed E-state index contributed by atoms with van der Waals surface area (Å²) in [4.78, 5) is 7.72. The van der Waals surface area contributed by atoms with Crippen molar-refractivity contribution >= 4 is 39.1 Å². The van der Waals surface area contributed by atoms with Gasteiger partial charge in [0.2, 0.25) is 0 Å². The highest BCUT2D eigenvalue weighted by atomic mass is 79.9. The van der Waals surface area contributed by atoms with Gasteiger partial charge in [-0.1, -0.05) is 51.3 Å². The minimum Gasteiger partial charge on any atom is -0.342 e. The van der Waals surface area contributed by atoms with Gasteiger partial charge in [-0.2, -0.15) is 0 Å². The Hall–Kier alpha value is -1.29. The molecule has 0 fully saturated rings. The number of nitrogens with zero attached hydrogens (tertiary/aromatic N) is 1. The maximum atomic E-state index is 6.21. The number of benzene rings is 2. The molecule has 0 amide bonds. The lowest BCUT2D eigenvalue weighted by Crippen LogP contribution is -1.90. The Labute approximate surface area is 141 Å². The van der Waals surface area contributed by atoms with Crippen molar-refractivity contribution in [3.63, 3.8) is 0 Å². The Balaban J connectivity index is 1.84. The van der Waals surface area contributed by atoms with Crippen molar-refractivity contribution in [2.75, 3.05) is 0 Å². The molecular formula is C16H11BrCl2N2. The fourth-order valence-corrected chi connectivity index (χ4v) is 2.87. The topological polar surface area (TPSA) is 28.7 Å². The molecular weight excluding hydrogens is 371 g/mol. The highest BCUT2D eigenvalue weighted by Gasteiger charge is 2.08. The van der Waals surface area contributed by atoms with E-state index in [1.807, 2.05) is 24.3 Å². The third-order valence-corrected chi connectivity index (χ3v) is 4.21. The molecule has 1 N–H and O–H groups in total. The van der Waals surface area contributed by atoms with Crippen molar-refractivity contribution in [3.05, 3.63) is 74.6 Å². The monoisotopic (exact) mass is 380 g/mol. The summed E-state index contributed by atoms with van der Waals surface area (Å²) in [5.41, 5.74) is 2.99. The average molecular weight is 382 g/mol. The second-order valence-electron chi connectivity index (χ2n) is 4.67. The van der Waals surface area contributed by atoms with E-state index in [0.717, 1.165) is 28.0 Å². The van der Waals surface area contributed by atoms with E-state index in [9.17, 15) is 0 Å². The standard InChI is InChI=1S/C16H11BrCl2N2/c17-11-3-1-10(2-4-11)7-16-20-9-15(21-16)13-6-5-12(18)8-14(13)19/h1-6,8-9H,7H2,(H,20,21). The van der Waals surface area contributed by atoms with Gasteiger partial charge in [0.25, 0.3) is 0 Å². The van der Waals surface area contributed by atoms with Crippen molar-refractivity contribution in [3.8, 4) is 11.3 Å². The molecule has 0 aliphatic carbocycles. The fraction of sp³-hybridized carbons (Fsp3) is 0.0625. The van der Waals surface area contributed by atoms with Gasteiger partial charge in [0.05, 0.1) is 16.9 Å². The van der Waals surface area contributed by atoms with E-state index in [-0.39, 0.29) is 0 Å². The summed E-state index contributed by atoms with van der Waals surface area (Å²) in [5, 5.41) is 1.24. The van der Waals surface area contributed by atoms with Crippen molar-refractivity contribution in [1.82, 2.24) is 9.97 Å². The molecule has 0 atom stereocenters. The van der Waals surface area contributed by atoms with Crippen molar-refractivity contribution < 1.29 is 0 Å². The molecule has 2 aromatic carbocycles. The van der Waals surface area contributed by atoms with E-state index >= 15 is 0 Å². The predicted molar refractivity (Wildman–Crippen MR) is 91.0 cm³/mol. The third kappa shape index (κ3) is 3.49. The summed E-state index contributed by atoms with van der Waals surface area (Å²) >= 11 is 15.6. The second-order valence-corrected chi connectivity index (χ2v) is 6.43. The fourth-order valence-electron chi connectivity index (χ4n) is 2.09. The van der Waals surface area contributed by atoms with Gasteiger partial charge in [0.15, 0.2) is 0 Å². The van der Waals surface area contributed by atoms with Crippen molar-refractivity contribution in [2.24, 2.45) is 0 Å². The highest BCUT2D eigenvalue weighted by molar-refractivity contribution is 9.10. The van der Waals surface area contributed by atoms with E-state index in [2.05, 4.69) is 38.0 Å². The van der Waals surface area contributed by atoms with Crippen LogP contribution in [-0.2, 0) is 6.42 Å². The summed E-state index contributed by atoms with van der Waals surface area (Å²) < 4.78 is 1.07. The molecule has 0 aliphatic heterocycles. The Kier molecular flexibility index (Phi) is 4.34. The average Bonchev–Trinajstić information content (AvgIpc) is 2.90. The van der Waals surface area contributed by atoms with Gasteiger partial charge < -0.3 is 4.98 Å². The molecule has 106 valence electrons. The molecule has 1 aromatic heterocycles. The van der Waals surface area contributed by atoms with E-state index in [1.54, 1.807) is 12.3 Å². The first-order valence-electron chi connectivity index (χ1n) is 6.35. The molecule has 21 heavy (non-hydrogen) atoms. The zero-order valence-corrected chi connectivity index (χ0v) is 14.0. The number of nitrogens with one attached hydrogen (secondary N) is 1. The zero-order valence-electron chi connectivity index (χ0n) is 10.9. The lowest BCUT2D eigenvalue weighted by molar-refractivity contribution is 1.03. The molecule has 3 rings (SSSR count). The van der Waals surface area contributed by atoms with Crippen LogP contribution in [-0.4, -0.2) is 9.97 Å². The third-order valence-electron chi connectivity index (χ3n) is 3.13. The molecule has 0 unspecified atom stereocenters. The van der Waals surface area contributed by atoms with Gasteiger partial charge in [-0.05, 0) is 35.9 Å². The molecule has 0 aliphatic rings. The van der Waals surface area contributed by atoms with Crippen LogP contribution in [0.15, 0.2) is 53.1 Å². The van der Waals surface area contributed by atoms with E-state index in [0.29, 0.717) is 10.0 Å². The van der Waals surface area contributed by atoms with Gasteiger partial charge >= 0.3 is 0 Å². The number of hydrogen-bond acceptors (Lipinski definition) is 1. The molecule has 5 heteroatoms. The minimum absolute atomic E-state index is 0.612. The van der Waals surface area contributed by atoms with E-state index in [4.69, 9.17) is 23.2 Å². The lowest BCUT2D eigenvalue weighted by atomic mass is 10.1. The Bertz CT molecular complexity index is 766. The molecule has 3 aromatic rings. The normalized spacial score (nSPS) is 10.8. The molecule has 0 radical (unpaired) electrons.